The van der Waals surface area contributed by atoms with Crippen LogP contribution in [0.15, 0.2) is 23.1 Å². The summed E-state index contributed by atoms with van der Waals surface area (Å²) in [5, 5.41) is 2.15. The predicted octanol–water partition coefficient (Wildman–Crippen LogP) is 1.60. The van der Waals surface area contributed by atoms with E-state index in [1.54, 1.807) is 19.1 Å². The molecule has 0 saturated heterocycles. The Kier molecular flexibility index (Phi) is 5.34. The molecular formula is C13H20N2O2S. The molecule has 2 atom stereocenters. The van der Waals surface area contributed by atoms with Gasteiger partial charge >= 0.3 is 0 Å². The molecule has 0 aliphatic heterocycles. The number of carbonyl (C=O) groups is 1. The fourth-order valence-corrected chi connectivity index (χ4v) is 2.76. The Balaban J connectivity index is 2.87. The van der Waals surface area contributed by atoms with E-state index < -0.39 is 16.0 Å². The van der Waals surface area contributed by atoms with Gasteiger partial charge in [-0.2, -0.15) is 0 Å². The molecule has 3 N–H and O–H groups in total. The number of nitrogen functional groups attached to an aromatic ring is 1. The highest BCUT2D eigenvalue weighted by Crippen LogP contribution is 2.22. The number of amides is 1. The van der Waals surface area contributed by atoms with Gasteiger partial charge in [0.2, 0.25) is 5.91 Å². The molecule has 18 heavy (non-hydrogen) atoms. The molecule has 5 heteroatoms. The van der Waals surface area contributed by atoms with Crippen molar-refractivity contribution in [1.29, 1.82) is 0 Å². The van der Waals surface area contributed by atoms with Crippen LogP contribution in [0.1, 0.15) is 25.8 Å². The lowest BCUT2D eigenvalue weighted by atomic mass is 10.2. The van der Waals surface area contributed by atoms with Gasteiger partial charge in [0.25, 0.3) is 0 Å². The summed E-state index contributed by atoms with van der Waals surface area (Å²) in [5.74, 6) is -0.198. The quantitative estimate of drug-likeness (QED) is 0.797. The molecule has 1 amide bonds. The molecule has 0 aliphatic rings. The maximum absolute atomic E-state index is 12.3. The van der Waals surface area contributed by atoms with Crippen molar-refractivity contribution >= 4 is 22.4 Å². The van der Waals surface area contributed by atoms with Crippen LogP contribution >= 0.6 is 0 Å². The maximum Gasteiger partial charge on any atom is 0.235 e. The second-order valence-corrected chi connectivity index (χ2v) is 5.96. The number of anilines is 1. The Labute approximate surface area is 110 Å². The largest absolute Gasteiger partial charge is 0.398 e. The van der Waals surface area contributed by atoms with Gasteiger partial charge in [-0.3, -0.25) is 9.00 Å². The van der Waals surface area contributed by atoms with Gasteiger partial charge in [0.15, 0.2) is 0 Å². The van der Waals surface area contributed by atoms with Crippen molar-refractivity contribution in [1.82, 2.24) is 5.32 Å². The fourth-order valence-electron chi connectivity index (χ4n) is 1.51. The Morgan fingerprint density at radius 2 is 2.17 bits per heavy atom. The third kappa shape index (κ3) is 3.32. The lowest BCUT2D eigenvalue weighted by molar-refractivity contribution is -0.120. The number of carbonyl (C=O) groups excluding carboxylic acids is 1. The molecule has 0 fully saturated rings. The lowest BCUT2D eigenvalue weighted by Gasteiger charge is -2.14. The normalized spacial score (nSPS) is 13.9. The van der Waals surface area contributed by atoms with E-state index in [1.165, 1.54) is 0 Å². The second kappa shape index (κ2) is 6.54. The zero-order valence-corrected chi connectivity index (χ0v) is 11.8. The number of rotatable bonds is 5. The molecule has 1 aromatic rings. The average Bonchev–Trinajstić information content (AvgIpc) is 2.37. The van der Waals surface area contributed by atoms with Gasteiger partial charge in [-0.1, -0.05) is 19.1 Å². The van der Waals surface area contributed by atoms with Crippen molar-refractivity contribution in [3.05, 3.63) is 23.8 Å². The number of para-hydroxylation sites is 1. The van der Waals surface area contributed by atoms with Gasteiger partial charge in [0.1, 0.15) is 5.25 Å². The van der Waals surface area contributed by atoms with Crippen molar-refractivity contribution < 1.29 is 9.00 Å². The standard InChI is InChI=1S/C13H20N2O2S/c1-4-8-15-13(16)10(3)18(17)11-7-5-6-9(2)12(11)14/h5-7,10H,4,8,14H2,1-3H3,(H,15,16). The SMILES string of the molecule is CCCNC(=O)C(C)S(=O)c1cccc(C)c1N. The van der Waals surface area contributed by atoms with Crippen LogP contribution in [0, 0.1) is 6.92 Å². The van der Waals surface area contributed by atoms with Crippen LogP contribution in [0.4, 0.5) is 5.69 Å². The molecule has 0 spiro atoms. The second-order valence-electron chi connectivity index (χ2n) is 4.22. The Hall–Kier alpha value is -1.36. The van der Waals surface area contributed by atoms with Gasteiger partial charge in [0.05, 0.1) is 21.4 Å². The molecule has 0 aromatic heterocycles. The topological polar surface area (TPSA) is 72.2 Å². The number of nitrogens with two attached hydrogens (primary N) is 1. The first-order valence-corrected chi connectivity index (χ1v) is 7.23. The van der Waals surface area contributed by atoms with E-state index in [1.807, 2.05) is 19.9 Å². The van der Waals surface area contributed by atoms with E-state index in [9.17, 15) is 9.00 Å². The van der Waals surface area contributed by atoms with Gasteiger partial charge < -0.3 is 11.1 Å². The van der Waals surface area contributed by atoms with E-state index in [0.717, 1.165) is 12.0 Å². The highest BCUT2D eigenvalue weighted by molar-refractivity contribution is 7.86. The fraction of sp³-hybridized carbons (Fsp3) is 0.462. The predicted molar refractivity (Wildman–Crippen MR) is 74.8 cm³/mol. The molecule has 4 nitrogen and oxygen atoms in total. The van der Waals surface area contributed by atoms with Crippen molar-refractivity contribution in [3.63, 3.8) is 0 Å². The Morgan fingerprint density at radius 3 is 2.78 bits per heavy atom. The summed E-state index contributed by atoms with van der Waals surface area (Å²) in [5.41, 5.74) is 7.28. The van der Waals surface area contributed by atoms with Crippen molar-refractivity contribution in [3.8, 4) is 0 Å². The number of nitrogens with one attached hydrogen (secondary N) is 1. The first-order valence-electron chi connectivity index (χ1n) is 6.02. The number of hydrogen-bond acceptors (Lipinski definition) is 3. The molecule has 0 radical (unpaired) electrons. The van der Waals surface area contributed by atoms with Crippen LogP contribution < -0.4 is 11.1 Å². The van der Waals surface area contributed by atoms with Crippen LogP contribution in [0.5, 0.6) is 0 Å². The number of hydrogen-bond donors (Lipinski definition) is 2. The van der Waals surface area contributed by atoms with Crippen LogP contribution in [-0.4, -0.2) is 21.9 Å². The number of benzene rings is 1. The van der Waals surface area contributed by atoms with E-state index >= 15 is 0 Å². The zero-order valence-electron chi connectivity index (χ0n) is 11.0. The molecule has 0 aliphatic carbocycles. The Morgan fingerprint density at radius 1 is 1.50 bits per heavy atom. The highest BCUT2D eigenvalue weighted by atomic mass is 32.2. The summed E-state index contributed by atoms with van der Waals surface area (Å²) in [6.45, 7) is 6.09. The third-order valence-corrected chi connectivity index (χ3v) is 4.39. The third-order valence-electron chi connectivity index (χ3n) is 2.74. The molecule has 100 valence electrons. The van der Waals surface area contributed by atoms with Crippen molar-refractivity contribution in [2.75, 3.05) is 12.3 Å². The van der Waals surface area contributed by atoms with Crippen LogP contribution in [-0.2, 0) is 15.6 Å². The van der Waals surface area contributed by atoms with E-state index in [-0.39, 0.29) is 5.91 Å². The summed E-state index contributed by atoms with van der Waals surface area (Å²) in [4.78, 5) is 12.3. The van der Waals surface area contributed by atoms with Crippen molar-refractivity contribution in [2.45, 2.75) is 37.3 Å². The van der Waals surface area contributed by atoms with Gasteiger partial charge in [-0.25, -0.2) is 0 Å². The number of aryl methyl sites for hydroxylation is 1. The first-order chi connectivity index (χ1) is 8.49. The minimum atomic E-state index is -1.42. The summed E-state index contributed by atoms with van der Waals surface area (Å²) >= 11 is 0. The summed E-state index contributed by atoms with van der Waals surface area (Å²) < 4.78 is 12.3. The zero-order chi connectivity index (χ0) is 13.7. The van der Waals surface area contributed by atoms with Crippen molar-refractivity contribution in [2.24, 2.45) is 0 Å². The summed E-state index contributed by atoms with van der Waals surface area (Å²) in [7, 11) is -1.42. The first kappa shape index (κ1) is 14.7. The molecule has 0 saturated carbocycles. The molecule has 1 aromatic carbocycles. The molecule has 0 heterocycles. The molecule has 2 unspecified atom stereocenters. The average molecular weight is 268 g/mol. The van der Waals surface area contributed by atoms with Gasteiger partial charge in [-0.15, -0.1) is 0 Å². The van der Waals surface area contributed by atoms with Crippen LogP contribution in [0.25, 0.3) is 0 Å². The Bertz CT molecular complexity index is 460. The minimum absolute atomic E-state index is 0.198. The van der Waals surface area contributed by atoms with E-state index in [2.05, 4.69) is 5.32 Å². The highest BCUT2D eigenvalue weighted by Gasteiger charge is 2.22. The molecule has 0 bridgehead atoms. The summed E-state index contributed by atoms with van der Waals surface area (Å²) in [6.07, 6.45) is 0.859. The van der Waals surface area contributed by atoms with Crippen LogP contribution in [0.2, 0.25) is 0 Å². The van der Waals surface area contributed by atoms with E-state index in [4.69, 9.17) is 5.73 Å². The van der Waals surface area contributed by atoms with Gasteiger partial charge in [0, 0.05) is 6.54 Å². The minimum Gasteiger partial charge on any atom is -0.398 e. The molecule has 1 rings (SSSR count). The monoisotopic (exact) mass is 268 g/mol. The van der Waals surface area contributed by atoms with Crippen LogP contribution in [0.3, 0.4) is 0 Å². The van der Waals surface area contributed by atoms with Gasteiger partial charge in [-0.05, 0) is 31.9 Å². The lowest BCUT2D eigenvalue weighted by Crippen LogP contribution is -2.36. The van der Waals surface area contributed by atoms with E-state index in [0.29, 0.717) is 17.1 Å². The smallest absolute Gasteiger partial charge is 0.235 e. The maximum atomic E-state index is 12.3. The summed E-state index contributed by atoms with van der Waals surface area (Å²) in [6, 6.07) is 5.37. The molecular weight excluding hydrogens is 248 g/mol.